The molecule has 0 bridgehead atoms. The lowest BCUT2D eigenvalue weighted by molar-refractivity contribution is 0.0752. The van der Waals surface area contributed by atoms with Crippen molar-refractivity contribution in [2.24, 2.45) is 13.0 Å². The molecule has 5 nitrogen and oxygen atoms in total. The number of carbonyl (C=O) groups is 1. The largest absolute Gasteiger partial charge is 0.340 e. The summed E-state index contributed by atoms with van der Waals surface area (Å²) in [6.45, 7) is 5.03. The fourth-order valence-electron chi connectivity index (χ4n) is 2.63. The van der Waals surface area contributed by atoms with Crippen LogP contribution in [0.2, 0.25) is 0 Å². The lowest BCUT2D eigenvalue weighted by Gasteiger charge is -2.27. The van der Waals surface area contributed by atoms with E-state index in [1.54, 1.807) is 4.68 Å². The molecule has 0 aromatic carbocycles. The van der Waals surface area contributed by atoms with E-state index in [9.17, 15) is 4.79 Å². The van der Waals surface area contributed by atoms with E-state index in [1.807, 2.05) is 25.1 Å². The van der Waals surface area contributed by atoms with Gasteiger partial charge in [0.15, 0.2) is 0 Å². The molecule has 0 spiro atoms. The van der Waals surface area contributed by atoms with Crippen molar-refractivity contribution in [1.29, 1.82) is 0 Å². The van der Waals surface area contributed by atoms with Crippen molar-refractivity contribution >= 4 is 5.91 Å². The summed E-state index contributed by atoms with van der Waals surface area (Å²) in [6.07, 6.45) is 3.17. The van der Waals surface area contributed by atoms with E-state index in [-0.39, 0.29) is 5.91 Å². The van der Waals surface area contributed by atoms with Gasteiger partial charge in [0.1, 0.15) is 5.69 Å². The highest BCUT2D eigenvalue weighted by molar-refractivity contribution is 5.92. The van der Waals surface area contributed by atoms with Crippen molar-refractivity contribution in [2.45, 2.75) is 26.2 Å². The first-order valence-corrected chi connectivity index (χ1v) is 7.11. The van der Waals surface area contributed by atoms with Gasteiger partial charge in [0.25, 0.3) is 5.91 Å². The van der Waals surface area contributed by atoms with Gasteiger partial charge in [-0.1, -0.05) is 6.92 Å². The zero-order valence-electron chi connectivity index (χ0n) is 12.1. The fourth-order valence-corrected chi connectivity index (χ4v) is 2.63. The van der Waals surface area contributed by atoms with Crippen molar-refractivity contribution < 1.29 is 4.79 Å². The Morgan fingerprint density at radius 3 is 2.79 bits per heavy atom. The molecule has 1 aromatic rings. The Morgan fingerprint density at radius 1 is 1.53 bits per heavy atom. The highest BCUT2D eigenvalue weighted by Gasteiger charge is 2.21. The first-order chi connectivity index (χ1) is 9.11. The normalized spacial score (nSPS) is 16.6. The minimum Gasteiger partial charge on any atom is -0.340 e. The highest BCUT2D eigenvalue weighted by Crippen LogP contribution is 2.14. The third-order valence-electron chi connectivity index (χ3n) is 3.85. The van der Waals surface area contributed by atoms with Crippen LogP contribution in [0.5, 0.6) is 0 Å². The Hall–Kier alpha value is -1.36. The van der Waals surface area contributed by atoms with Crippen LogP contribution >= 0.6 is 0 Å². The molecule has 2 rings (SSSR count). The Morgan fingerprint density at radius 2 is 2.21 bits per heavy atom. The predicted octanol–water partition coefficient (Wildman–Crippen LogP) is 1.05. The molecular weight excluding hydrogens is 240 g/mol. The summed E-state index contributed by atoms with van der Waals surface area (Å²) in [5, 5.41) is 7.69. The van der Waals surface area contributed by atoms with Gasteiger partial charge in [0.2, 0.25) is 0 Å². The number of aromatic nitrogens is 2. The summed E-state index contributed by atoms with van der Waals surface area (Å²) in [5.41, 5.74) is 1.66. The van der Waals surface area contributed by atoms with Crippen LogP contribution < -0.4 is 5.32 Å². The Kier molecular flexibility index (Phi) is 4.58. The molecule has 0 atom stereocenters. The van der Waals surface area contributed by atoms with Gasteiger partial charge in [-0.2, -0.15) is 5.10 Å². The van der Waals surface area contributed by atoms with Gasteiger partial charge >= 0.3 is 0 Å². The molecule has 1 N–H and O–H groups in total. The van der Waals surface area contributed by atoms with Crippen molar-refractivity contribution in [3.05, 3.63) is 17.5 Å². The standard InChI is InChI=1S/C14H24N4O/c1-4-12-9-13(18(3)16-12)14(19)17(2)10-11-5-7-15-8-6-11/h9,11,15H,4-8,10H2,1-3H3. The molecule has 19 heavy (non-hydrogen) atoms. The zero-order valence-corrected chi connectivity index (χ0v) is 12.1. The molecule has 1 amide bonds. The summed E-state index contributed by atoms with van der Waals surface area (Å²) < 4.78 is 1.69. The van der Waals surface area contributed by atoms with Crippen molar-refractivity contribution in [3.63, 3.8) is 0 Å². The molecule has 0 radical (unpaired) electrons. The van der Waals surface area contributed by atoms with Gasteiger partial charge in [-0.15, -0.1) is 0 Å². The predicted molar refractivity (Wildman–Crippen MR) is 75.1 cm³/mol. The van der Waals surface area contributed by atoms with Gasteiger partial charge in [0.05, 0.1) is 5.69 Å². The molecule has 2 heterocycles. The third-order valence-corrected chi connectivity index (χ3v) is 3.85. The van der Waals surface area contributed by atoms with Gasteiger partial charge in [-0.3, -0.25) is 9.48 Å². The van der Waals surface area contributed by atoms with Crippen molar-refractivity contribution in [2.75, 3.05) is 26.7 Å². The van der Waals surface area contributed by atoms with Crippen LogP contribution in [0.4, 0.5) is 0 Å². The average molecular weight is 264 g/mol. The summed E-state index contributed by atoms with van der Waals surface area (Å²) >= 11 is 0. The Balaban J connectivity index is 1.99. The van der Waals surface area contributed by atoms with Gasteiger partial charge < -0.3 is 10.2 Å². The average Bonchev–Trinajstić information content (AvgIpc) is 2.80. The number of piperidine rings is 1. The first kappa shape index (κ1) is 14.1. The smallest absolute Gasteiger partial charge is 0.271 e. The number of nitrogens with one attached hydrogen (secondary N) is 1. The van der Waals surface area contributed by atoms with Gasteiger partial charge in [-0.25, -0.2) is 0 Å². The SMILES string of the molecule is CCc1cc(C(=O)N(C)CC2CCNCC2)n(C)n1. The van der Waals surface area contributed by atoms with Crippen molar-refractivity contribution in [3.8, 4) is 0 Å². The molecule has 0 aliphatic carbocycles. The highest BCUT2D eigenvalue weighted by atomic mass is 16.2. The molecule has 1 fully saturated rings. The molecule has 0 saturated carbocycles. The quantitative estimate of drug-likeness (QED) is 0.884. The van der Waals surface area contributed by atoms with Crippen LogP contribution in [-0.2, 0) is 13.5 Å². The van der Waals surface area contributed by atoms with Crippen LogP contribution in [0.3, 0.4) is 0 Å². The molecule has 0 unspecified atom stereocenters. The summed E-state index contributed by atoms with van der Waals surface area (Å²) in [7, 11) is 3.73. The second kappa shape index (κ2) is 6.19. The Labute approximate surface area is 115 Å². The zero-order chi connectivity index (χ0) is 13.8. The maximum Gasteiger partial charge on any atom is 0.271 e. The van der Waals surface area contributed by atoms with Crippen molar-refractivity contribution in [1.82, 2.24) is 20.0 Å². The number of aryl methyl sites for hydroxylation is 2. The molecule has 5 heteroatoms. The van der Waals surface area contributed by atoms with Gasteiger partial charge in [0, 0.05) is 20.6 Å². The number of carbonyl (C=O) groups excluding carboxylic acids is 1. The number of nitrogens with zero attached hydrogens (tertiary/aromatic N) is 3. The van der Waals surface area contributed by atoms with Crippen LogP contribution in [0.15, 0.2) is 6.07 Å². The van der Waals surface area contributed by atoms with E-state index < -0.39 is 0 Å². The number of hydrogen-bond acceptors (Lipinski definition) is 3. The monoisotopic (exact) mass is 264 g/mol. The molecular formula is C14H24N4O. The topological polar surface area (TPSA) is 50.2 Å². The summed E-state index contributed by atoms with van der Waals surface area (Å²) in [5.74, 6) is 0.697. The van der Waals surface area contributed by atoms with Crippen LogP contribution in [0, 0.1) is 5.92 Å². The summed E-state index contributed by atoms with van der Waals surface area (Å²) in [4.78, 5) is 14.3. The maximum atomic E-state index is 12.4. The number of amides is 1. The second-order valence-corrected chi connectivity index (χ2v) is 5.38. The fraction of sp³-hybridized carbons (Fsp3) is 0.714. The first-order valence-electron chi connectivity index (χ1n) is 7.11. The molecule has 1 aromatic heterocycles. The summed E-state index contributed by atoms with van der Waals surface area (Å²) in [6, 6.07) is 1.90. The molecule has 1 aliphatic heterocycles. The molecule has 1 saturated heterocycles. The lowest BCUT2D eigenvalue weighted by atomic mass is 9.97. The minimum atomic E-state index is 0.0771. The van der Waals surface area contributed by atoms with E-state index in [2.05, 4.69) is 17.3 Å². The third kappa shape index (κ3) is 3.35. The molecule has 1 aliphatic rings. The second-order valence-electron chi connectivity index (χ2n) is 5.38. The van der Waals surface area contributed by atoms with E-state index >= 15 is 0 Å². The number of rotatable bonds is 4. The van der Waals surface area contributed by atoms with E-state index in [0.29, 0.717) is 11.6 Å². The van der Waals surface area contributed by atoms with E-state index in [1.165, 1.54) is 0 Å². The van der Waals surface area contributed by atoms with Crippen LogP contribution in [-0.4, -0.2) is 47.3 Å². The molecule has 106 valence electrons. The number of hydrogen-bond donors (Lipinski definition) is 1. The van der Waals surface area contributed by atoms with Crippen LogP contribution in [0.25, 0.3) is 0 Å². The minimum absolute atomic E-state index is 0.0771. The Bertz CT molecular complexity index is 435. The van der Waals surface area contributed by atoms with Gasteiger partial charge in [-0.05, 0) is 44.3 Å². The maximum absolute atomic E-state index is 12.4. The van der Waals surface area contributed by atoms with E-state index in [4.69, 9.17) is 0 Å². The van der Waals surface area contributed by atoms with Crippen LogP contribution in [0.1, 0.15) is 35.9 Å². The van der Waals surface area contributed by atoms with E-state index in [0.717, 1.165) is 44.6 Å². The lowest BCUT2D eigenvalue weighted by Crippen LogP contribution is -2.37.